The molecule has 13 heavy (non-hydrogen) atoms. The van der Waals surface area contributed by atoms with Crippen LogP contribution < -0.4 is 0 Å². The zero-order valence-corrected chi connectivity index (χ0v) is 7.57. The monoisotopic (exact) mass is 185 g/mol. The number of carbonyl (C=O) groups excluding carboxylic acids is 1. The summed E-state index contributed by atoms with van der Waals surface area (Å²) in [6.45, 7) is 0.538. The highest BCUT2D eigenvalue weighted by Gasteiger charge is 2.11. The number of hydrogen-bond donors (Lipinski definition) is 0. The van der Waals surface area contributed by atoms with Crippen LogP contribution in [0, 0.1) is 0 Å². The summed E-state index contributed by atoms with van der Waals surface area (Å²) in [5.74, 6) is 0.120. The van der Waals surface area contributed by atoms with Gasteiger partial charge in [0.25, 0.3) is 0 Å². The van der Waals surface area contributed by atoms with Gasteiger partial charge in [0.15, 0.2) is 5.69 Å². The van der Waals surface area contributed by atoms with E-state index in [0.29, 0.717) is 18.8 Å². The summed E-state index contributed by atoms with van der Waals surface area (Å²) in [6.07, 6.45) is 0.598. The number of rotatable bonds is 4. The second-order valence-electron chi connectivity index (χ2n) is 2.41. The second-order valence-corrected chi connectivity index (χ2v) is 2.41. The van der Waals surface area contributed by atoms with E-state index in [2.05, 4.69) is 9.89 Å². The maximum absolute atomic E-state index is 10.9. The lowest BCUT2D eigenvalue weighted by Gasteiger charge is -1.91. The van der Waals surface area contributed by atoms with Gasteiger partial charge in [0, 0.05) is 19.6 Å². The molecule has 5 heteroatoms. The van der Waals surface area contributed by atoms with Gasteiger partial charge in [0.1, 0.15) is 5.76 Å². The summed E-state index contributed by atoms with van der Waals surface area (Å²) in [4.78, 5) is 10.9. The molecule has 0 amide bonds. The summed E-state index contributed by atoms with van der Waals surface area (Å²) in [5, 5.41) is 3.53. The van der Waals surface area contributed by atoms with E-state index in [1.54, 1.807) is 13.2 Å². The van der Waals surface area contributed by atoms with Gasteiger partial charge in [0.2, 0.25) is 0 Å². The Morgan fingerprint density at radius 1 is 1.62 bits per heavy atom. The second kappa shape index (κ2) is 4.61. The number of carbonyl (C=O) groups is 1. The first-order valence-electron chi connectivity index (χ1n) is 3.80. The Hall–Kier alpha value is -1.36. The van der Waals surface area contributed by atoms with Crippen molar-refractivity contribution in [3.63, 3.8) is 0 Å². The van der Waals surface area contributed by atoms with Gasteiger partial charge in [-0.15, -0.1) is 0 Å². The molecule has 72 valence electrons. The maximum atomic E-state index is 10.9. The van der Waals surface area contributed by atoms with E-state index in [-0.39, 0.29) is 5.69 Å². The quantitative estimate of drug-likeness (QED) is 0.644. The lowest BCUT2D eigenvalue weighted by atomic mass is 10.3. The van der Waals surface area contributed by atoms with Crippen LogP contribution in [-0.4, -0.2) is 32.0 Å². The number of methoxy groups -OCH3 is 2. The Morgan fingerprint density at radius 2 is 2.38 bits per heavy atom. The summed E-state index contributed by atoms with van der Waals surface area (Å²) in [7, 11) is 2.89. The molecule has 0 aliphatic heterocycles. The van der Waals surface area contributed by atoms with E-state index < -0.39 is 5.97 Å². The highest BCUT2D eigenvalue weighted by molar-refractivity contribution is 5.86. The van der Waals surface area contributed by atoms with Gasteiger partial charge in [-0.1, -0.05) is 5.16 Å². The van der Waals surface area contributed by atoms with Crippen LogP contribution in [0.5, 0.6) is 0 Å². The Bertz CT molecular complexity index is 281. The third kappa shape index (κ3) is 2.55. The molecular formula is C8H11NO4. The van der Waals surface area contributed by atoms with E-state index in [4.69, 9.17) is 9.26 Å². The van der Waals surface area contributed by atoms with E-state index in [9.17, 15) is 4.79 Å². The molecule has 0 fully saturated rings. The van der Waals surface area contributed by atoms with Crippen LogP contribution >= 0.6 is 0 Å². The van der Waals surface area contributed by atoms with E-state index >= 15 is 0 Å². The number of esters is 1. The van der Waals surface area contributed by atoms with Crippen LogP contribution in [0.1, 0.15) is 16.2 Å². The van der Waals surface area contributed by atoms with Gasteiger partial charge >= 0.3 is 5.97 Å². The third-order valence-corrected chi connectivity index (χ3v) is 1.51. The summed E-state index contributed by atoms with van der Waals surface area (Å²) < 4.78 is 14.2. The number of hydrogen-bond acceptors (Lipinski definition) is 5. The molecular weight excluding hydrogens is 174 g/mol. The van der Waals surface area contributed by atoms with Crippen molar-refractivity contribution in [2.75, 3.05) is 20.8 Å². The topological polar surface area (TPSA) is 61.6 Å². The predicted octanol–water partition coefficient (Wildman–Crippen LogP) is 0.650. The average molecular weight is 185 g/mol. The van der Waals surface area contributed by atoms with Crippen LogP contribution in [0.25, 0.3) is 0 Å². The van der Waals surface area contributed by atoms with Crippen LogP contribution in [0.2, 0.25) is 0 Å². The molecule has 0 saturated carbocycles. The summed E-state index contributed by atoms with van der Waals surface area (Å²) in [5.41, 5.74) is 0.189. The van der Waals surface area contributed by atoms with Crippen LogP contribution in [0.3, 0.4) is 0 Å². The van der Waals surface area contributed by atoms with Crippen molar-refractivity contribution >= 4 is 5.97 Å². The van der Waals surface area contributed by atoms with Crippen LogP contribution in [-0.2, 0) is 15.9 Å². The molecule has 1 aromatic heterocycles. The molecule has 0 aliphatic carbocycles. The molecule has 0 bridgehead atoms. The Morgan fingerprint density at radius 3 is 3.00 bits per heavy atom. The smallest absolute Gasteiger partial charge is 0.360 e. The van der Waals surface area contributed by atoms with E-state index in [0.717, 1.165) is 0 Å². The summed E-state index contributed by atoms with van der Waals surface area (Å²) in [6, 6.07) is 1.55. The highest BCUT2D eigenvalue weighted by atomic mass is 16.5. The van der Waals surface area contributed by atoms with Gasteiger partial charge in [0.05, 0.1) is 13.7 Å². The van der Waals surface area contributed by atoms with E-state index in [1.165, 1.54) is 7.11 Å². The molecule has 0 spiro atoms. The number of nitrogens with zero attached hydrogens (tertiary/aromatic N) is 1. The Balaban J connectivity index is 2.58. The Kier molecular flexibility index (Phi) is 3.45. The minimum absolute atomic E-state index is 0.189. The molecule has 1 heterocycles. The molecule has 1 aromatic rings. The van der Waals surface area contributed by atoms with Crippen molar-refractivity contribution in [3.05, 3.63) is 17.5 Å². The highest BCUT2D eigenvalue weighted by Crippen LogP contribution is 2.05. The van der Waals surface area contributed by atoms with Crippen molar-refractivity contribution in [1.82, 2.24) is 5.16 Å². The maximum Gasteiger partial charge on any atom is 0.360 e. The lowest BCUT2D eigenvalue weighted by molar-refractivity contribution is 0.0589. The minimum atomic E-state index is -0.493. The molecule has 0 saturated heterocycles. The van der Waals surface area contributed by atoms with Crippen LogP contribution in [0.4, 0.5) is 0 Å². The number of ether oxygens (including phenoxy) is 2. The molecule has 5 nitrogen and oxygen atoms in total. The molecule has 0 atom stereocenters. The zero-order chi connectivity index (χ0) is 9.68. The fourth-order valence-electron chi connectivity index (χ4n) is 0.834. The Labute approximate surface area is 75.6 Å². The average Bonchev–Trinajstić information content (AvgIpc) is 2.62. The van der Waals surface area contributed by atoms with Crippen molar-refractivity contribution in [2.45, 2.75) is 6.42 Å². The molecule has 0 unspecified atom stereocenters. The molecule has 1 rings (SSSR count). The summed E-state index contributed by atoms with van der Waals surface area (Å²) >= 11 is 0. The van der Waals surface area contributed by atoms with Gasteiger partial charge in [-0.05, 0) is 0 Å². The largest absolute Gasteiger partial charge is 0.464 e. The standard InChI is InChI=1S/C8H11NO4/c1-11-4-3-6-5-7(9-13-6)8(10)12-2/h5H,3-4H2,1-2H3. The molecule has 0 aromatic carbocycles. The van der Waals surface area contributed by atoms with Crippen molar-refractivity contribution in [1.29, 1.82) is 0 Å². The molecule has 0 radical (unpaired) electrons. The van der Waals surface area contributed by atoms with Gasteiger partial charge < -0.3 is 14.0 Å². The fraction of sp³-hybridized carbons (Fsp3) is 0.500. The number of aromatic nitrogens is 1. The first-order chi connectivity index (χ1) is 6.27. The predicted molar refractivity (Wildman–Crippen MR) is 43.4 cm³/mol. The fourth-order valence-corrected chi connectivity index (χ4v) is 0.834. The first kappa shape index (κ1) is 9.73. The minimum Gasteiger partial charge on any atom is -0.464 e. The van der Waals surface area contributed by atoms with Crippen molar-refractivity contribution in [2.24, 2.45) is 0 Å². The van der Waals surface area contributed by atoms with E-state index in [1.807, 2.05) is 0 Å². The third-order valence-electron chi connectivity index (χ3n) is 1.51. The lowest BCUT2D eigenvalue weighted by Crippen LogP contribution is -2.00. The normalized spacial score (nSPS) is 10.0. The zero-order valence-electron chi connectivity index (χ0n) is 7.57. The SMILES string of the molecule is COCCc1cc(C(=O)OC)no1. The molecule has 0 N–H and O–H groups in total. The van der Waals surface area contributed by atoms with Crippen LogP contribution in [0.15, 0.2) is 10.6 Å². The van der Waals surface area contributed by atoms with Gasteiger partial charge in [-0.3, -0.25) is 0 Å². The van der Waals surface area contributed by atoms with Crippen molar-refractivity contribution in [3.8, 4) is 0 Å². The van der Waals surface area contributed by atoms with Gasteiger partial charge in [-0.2, -0.15) is 0 Å². The van der Waals surface area contributed by atoms with Crippen molar-refractivity contribution < 1.29 is 18.8 Å². The molecule has 0 aliphatic rings. The van der Waals surface area contributed by atoms with Gasteiger partial charge in [-0.25, -0.2) is 4.79 Å². The first-order valence-corrected chi connectivity index (χ1v) is 3.80.